The largest absolute Gasteiger partial charge is 0.468 e. The molecule has 5 heteroatoms. The van der Waals surface area contributed by atoms with E-state index in [9.17, 15) is 14.4 Å². The first-order valence-electron chi connectivity index (χ1n) is 4.15. The van der Waals surface area contributed by atoms with Crippen LogP contribution in [0.25, 0.3) is 0 Å². The van der Waals surface area contributed by atoms with Crippen LogP contribution >= 0.6 is 0 Å². The second kappa shape index (κ2) is 5.36. The number of hydrogen-bond acceptors (Lipinski definition) is 5. The van der Waals surface area contributed by atoms with E-state index in [1.54, 1.807) is 13.8 Å². The smallest absolute Gasteiger partial charge is 0.375 e. The minimum Gasteiger partial charge on any atom is -0.468 e. The Kier molecular flexibility index (Phi) is 4.83. The number of rotatable bonds is 4. The SMILES string of the molecule is COC(=O)C(=O)C(C(=O)OC)C(C)C. The fourth-order valence-corrected chi connectivity index (χ4v) is 1.04. The number of hydrogen-bond donors (Lipinski definition) is 0. The van der Waals surface area contributed by atoms with Crippen LogP contribution < -0.4 is 0 Å². The van der Waals surface area contributed by atoms with Crippen LogP contribution in [-0.4, -0.2) is 31.9 Å². The van der Waals surface area contributed by atoms with Crippen molar-refractivity contribution >= 4 is 17.7 Å². The molecule has 0 rings (SSSR count). The predicted molar refractivity (Wildman–Crippen MR) is 47.4 cm³/mol. The van der Waals surface area contributed by atoms with E-state index in [1.807, 2.05) is 0 Å². The molecule has 0 amide bonds. The molecule has 0 saturated heterocycles. The Morgan fingerprint density at radius 1 is 1.00 bits per heavy atom. The molecule has 5 nitrogen and oxygen atoms in total. The molecule has 0 aromatic heterocycles. The predicted octanol–water partition coefficient (Wildman–Crippen LogP) is 0.174. The summed E-state index contributed by atoms with van der Waals surface area (Å²) in [5, 5.41) is 0. The Bertz CT molecular complexity index is 244. The van der Waals surface area contributed by atoms with Crippen LogP contribution in [-0.2, 0) is 23.9 Å². The Balaban J connectivity index is 4.75. The number of methoxy groups -OCH3 is 2. The van der Waals surface area contributed by atoms with Crippen molar-refractivity contribution in [3.05, 3.63) is 0 Å². The molecule has 14 heavy (non-hydrogen) atoms. The van der Waals surface area contributed by atoms with Crippen molar-refractivity contribution in [2.75, 3.05) is 14.2 Å². The highest BCUT2D eigenvalue weighted by molar-refractivity contribution is 6.37. The zero-order chi connectivity index (χ0) is 11.3. The van der Waals surface area contributed by atoms with Crippen LogP contribution in [0.2, 0.25) is 0 Å². The van der Waals surface area contributed by atoms with E-state index in [-0.39, 0.29) is 5.92 Å². The van der Waals surface area contributed by atoms with Crippen LogP contribution in [0.1, 0.15) is 13.8 Å². The van der Waals surface area contributed by atoms with E-state index in [1.165, 1.54) is 7.11 Å². The van der Waals surface area contributed by atoms with Crippen LogP contribution in [0.5, 0.6) is 0 Å². The molecule has 1 atom stereocenters. The normalized spacial score (nSPS) is 12.1. The van der Waals surface area contributed by atoms with Gasteiger partial charge < -0.3 is 9.47 Å². The van der Waals surface area contributed by atoms with Gasteiger partial charge in [0.1, 0.15) is 5.92 Å². The highest BCUT2D eigenvalue weighted by Crippen LogP contribution is 2.14. The van der Waals surface area contributed by atoms with Gasteiger partial charge >= 0.3 is 11.9 Å². The third-order valence-corrected chi connectivity index (χ3v) is 1.79. The van der Waals surface area contributed by atoms with E-state index in [0.29, 0.717) is 0 Å². The molecule has 0 aliphatic heterocycles. The molecule has 0 aromatic rings. The Labute approximate surface area is 82.4 Å². The van der Waals surface area contributed by atoms with Gasteiger partial charge in [-0.05, 0) is 5.92 Å². The second-order valence-electron chi connectivity index (χ2n) is 3.10. The summed E-state index contributed by atoms with van der Waals surface area (Å²) in [6.45, 7) is 3.31. The molecular formula is C9H14O5. The first-order valence-corrected chi connectivity index (χ1v) is 4.15. The summed E-state index contributed by atoms with van der Waals surface area (Å²) in [5.41, 5.74) is 0. The van der Waals surface area contributed by atoms with E-state index in [4.69, 9.17) is 0 Å². The van der Waals surface area contributed by atoms with Gasteiger partial charge in [0.25, 0.3) is 5.78 Å². The molecule has 1 unspecified atom stereocenters. The number of carbonyl (C=O) groups is 3. The third-order valence-electron chi connectivity index (χ3n) is 1.79. The van der Waals surface area contributed by atoms with Crippen molar-refractivity contribution in [1.29, 1.82) is 0 Å². The van der Waals surface area contributed by atoms with Crippen LogP contribution in [0.3, 0.4) is 0 Å². The van der Waals surface area contributed by atoms with E-state index in [2.05, 4.69) is 9.47 Å². The molecular weight excluding hydrogens is 188 g/mol. The lowest BCUT2D eigenvalue weighted by Gasteiger charge is -2.15. The lowest BCUT2D eigenvalue weighted by atomic mass is 9.91. The maximum Gasteiger partial charge on any atom is 0.375 e. The summed E-state index contributed by atoms with van der Waals surface area (Å²) in [4.78, 5) is 33.4. The number of ether oxygens (including phenoxy) is 2. The molecule has 80 valence electrons. The zero-order valence-electron chi connectivity index (χ0n) is 8.70. The van der Waals surface area contributed by atoms with Gasteiger partial charge in [0.2, 0.25) is 0 Å². The number of esters is 2. The summed E-state index contributed by atoms with van der Waals surface area (Å²) in [6.07, 6.45) is 0. The summed E-state index contributed by atoms with van der Waals surface area (Å²) in [5.74, 6) is -3.97. The standard InChI is InChI=1S/C9H14O5/c1-5(2)6(8(11)13-3)7(10)9(12)14-4/h5-6H,1-4H3. The molecule has 0 fully saturated rings. The van der Waals surface area contributed by atoms with Crippen molar-refractivity contribution in [1.82, 2.24) is 0 Å². The van der Waals surface area contributed by atoms with Crippen LogP contribution in [0.4, 0.5) is 0 Å². The van der Waals surface area contributed by atoms with Gasteiger partial charge in [-0.1, -0.05) is 13.8 Å². The summed E-state index contributed by atoms with van der Waals surface area (Å²) in [6, 6.07) is 0. The summed E-state index contributed by atoms with van der Waals surface area (Å²) >= 11 is 0. The van der Waals surface area contributed by atoms with Gasteiger partial charge in [-0.3, -0.25) is 9.59 Å². The van der Waals surface area contributed by atoms with E-state index < -0.39 is 23.6 Å². The van der Waals surface area contributed by atoms with Crippen molar-refractivity contribution in [2.45, 2.75) is 13.8 Å². The minimum absolute atomic E-state index is 0.297. The van der Waals surface area contributed by atoms with Gasteiger partial charge in [0.05, 0.1) is 14.2 Å². The van der Waals surface area contributed by atoms with Crippen LogP contribution in [0.15, 0.2) is 0 Å². The first-order chi connectivity index (χ1) is 6.45. The molecule has 0 aromatic carbocycles. The van der Waals surface area contributed by atoms with Gasteiger partial charge in [0, 0.05) is 0 Å². The summed E-state index contributed by atoms with van der Waals surface area (Å²) < 4.78 is 8.66. The molecule has 0 spiro atoms. The van der Waals surface area contributed by atoms with Gasteiger partial charge in [-0.25, -0.2) is 4.79 Å². The van der Waals surface area contributed by atoms with Crippen molar-refractivity contribution in [2.24, 2.45) is 11.8 Å². The molecule has 0 radical (unpaired) electrons. The second-order valence-corrected chi connectivity index (χ2v) is 3.10. The summed E-state index contributed by atoms with van der Waals surface area (Å²) in [7, 11) is 2.26. The lowest BCUT2D eigenvalue weighted by molar-refractivity contribution is -0.161. The monoisotopic (exact) mass is 202 g/mol. The fraction of sp³-hybridized carbons (Fsp3) is 0.667. The minimum atomic E-state index is -1.08. The Hall–Kier alpha value is -1.39. The maximum absolute atomic E-state index is 11.3. The zero-order valence-corrected chi connectivity index (χ0v) is 8.70. The van der Waals surface area contributed by atoms with Gasteiger partial charge in [0.15, 0.2) is 0 Å². The number of Topliss-reactive ketones (excluding diaryl/α,β-unsaturated/α-hetero) is 1. The van der Waals surface area contributed by atoms with Crippen molar-refractivity contribution < 1.29 is 23.9 Å². The Morgan fingerprint density at radius 2 is 1.50 bits per heavy atom. The van der Waals surface area contributed by atoms with Gasteiger partial charge in [-0.15, -0.1) is 0 Å². The lowest BCUT2D eigenvalue weighted by Crippen LogP contribution is -2.35. The number of carbonyl (C=O) groups excluding carboxylic acids is 3. The molecule has 0 bridgehead atoms. The van der Waals surface area contributed by atoms with Crippen molar-refractivity contribution in [3.8, 4) is 0 Å². The third kappa shape index (κ3) is 2.83. The fourth-order valence-electron chi connectivity index (χ4n) is 1.04. The van der Waals surface area contributed by atoms with Gasteiger partial charge in [-0.2, -0.15) is 0 Å². The first kappa shape index (κ1) is 12.6. The average molecular weight is 202 g/mol. The van der Waals surface area contributed by atoms with E-state index in [0.717, 1.165) is 7.11 Å². The molecule has 0 heterocycles. The molecule has 0 aliphatic carbocycles. The molecule has 0 aliphatic rings. The Morgan fingerprint density at radius 3 is 1.79 bits per heavy atom. The maximum atomic E-state index is 11.3. The number of ketones is 1. The van der Waals surface area contributed by atoms with Crippen LogP contribution in [0, 0.1) is 11.8 Å². The molecule has 0 N–H and O–H groups in total. The highest BCUT2D eigenvalue weighted by atomic mass is 16.5. The average Bonchev–Trinajstić information content (AvgIpc) is 2.15. The van der Waals surface area contributed by atoms with E-state index >= 15 is 0 Å². The van der Waals surface area contributed by atoms with Crippen molar-refractivity contribution in [3.63, 3.8) is 0 Å². The highest BCUT2D eigenvalue weighted by Gasteiger charge is 2.35. The quantitative estimate of drug-likeness (QED) is 0.369. The topological polar surface area (TPSA) is 69.7 Å². The molecule has 0 saturated carbocycles.